The van der Waals surface area contributed by atoms with Gasteiger partial charge in [0.15, 0.2) is 12.4 Å². The summed E-state index contributed by atoms with van der Waals surface area (Å²) in [4.78, 5) is 32.6. The largest absolute Gasteiger partial charge is 0.469 e. The second kappa shape index (κ2) is 9.60. The van der Waals surface area contributed by atoms with Crippen molar-refractivity contribution < 1.29 is 14.3 Å². The van der Waals surface area contributed by atoms with E-state index in [1.165, 1.54) is 6.33 Å². The smallest absolute Gasteiger partial charge is 0.224 e. The fourth-order valence-electron chi connectivity index (χ4n) is 2.81. The Morgan fingerprint density at radius 2 is 1.79 bits per heavy atom. The summed E-state index contributed by atoms with van der Waals surface area (Å²) >= 11 is 0. The van der Waals surface area contributed by atoms with Crippen molar-refractivity contribution in [3.63, 3.8) is 0 Å². The van der Waals surface area contributed by atoms with Crippen molar-refractivity contribution in [2.24, 2.45) is 0 Å². The molecule has 0 radical (unpaired) electrons. The maximum absolute atomic E-state index is 12.4. The summed E-state index contributed by atoms with van der Waals surface area (Å²) in [6.45, 7) is 1.98. The van der Waals surface area contributed by atoms with E-state index < -0.39 is 0 Å². The maximum atomic E-state index is 12.4. The minimum Gasteiger partial charge on any atom is -0.469 e. The molecule has 2 aromatic carbocycles. The Hall–Kier alpha value is -3.28. The fourth-order valence-corrected chi connectivity index (χ4v) is 2.81. The van der Waals surface area contributed by atoms with E-state index in [0.717, 1.165) is 30.2 Å². The number of carbonyl (C=O) groups is 2. The van der Waals surface area contributed by atoms with Crippen molar-refractivity contribution in [3.05, 3.63) is 60.4 Å². The third-order valence-corrected chi connectivity index (χ3v) is 4.34. The number of nitrogens with one attached hydrogen (secondary N) is 1. The Balaban J connectivity index is 1.56. The van der Waals surface area contributed by atoms with Gasteiger partial charge in [0, 0.05) is 17.7 Å². The summed E-state index contributed by atoms with van der Waals surface area (Å²) in [6.07, 6.45) is 4.93. The van der Waals surface area contributed by atoms with Crippen LogP contribution >= 0.6 is 0 Å². The SMILES string of the molecule is CCCCCC(=O)Nc1ccc(C(=O)COc2ncnc3ccccc23)cc1. The van der Waals surface area contributed by atoms with Crippen LogP contribution in [0.25, 0.3) is 10.9 Å². The number of fused-ring (bicyclic) bond motifs is 1. The van der Waals surface area contributed by atoms with Crippen molar-refractivity contribution in [2.75, 3.05) is 11.9 Å². The van der Waals surface area contributed by atoms with Crippen LogP contribution in [0.5, 0.6) is 5.88 Å². The predicted molar refractivity (Wildman–Crippen MR) is 109 cm³/mol. The standard InChI is InChI=1S/C22H23N3O3/c1-2-3-4-9-21(27)25-17-12-10-16(11-13-17)20(26)14-28-22-18-7-5-6-8-19(18)23-15-24-22/h5-8,10-13,15H,2-4,9,14H2,1H3,(H,25,27). The zero-order chi connectivity index (χ0) is 19.8. The highest BCUT2D eigenvalue weighted by atomic mass is 16.5. The number of hydrogen-bond donors (Lipinski definition) is 1. The molecule has 0 fully saturated rings. The van der Waals surface area contributed by atoms with Crippen LogP contribution in [0.2, 0.25) is 0 Å². The lowest BCUT2D eigenvalue weighted by atomic mass is 10.1. The molecule has 1 heterocycles. The second-order valence-corrected chi connectivity index (χ2v) is 6.49. The Morgan fingerprint density at radius 3 is 2.57 bits per heavy atom. The van der Waals surface area contributed by atoms with E-state index in [9.17, 15) is 9.59 Å². The molecule has 144 valence electrons. The third-order valence-electron chi connectivity index (χ3n) is 4.34. The first-order valence-corrected chi connectivity index (χ1v) is 9.43. The summed E-state index contributed by atoms with van der Waals surface area (Å²) in [6, 6.07) is 14.3. The lowest BCUT2D eigenvalue weighted by Crippen LogP contribution is -2.13. The summed E-state index contributed by atoms with van der Waals surface area (Å²) in [5.74, 6) is 0.213. The quantitative estimate of drug-likeness (QED) is 0.441. The van der Waals surface area contributed by atoms with Gasteiger partial charge in [-0.05, 0) is 42.8 Å². The van der Waals surface area contributed by atoms with Crippen LogP contribution in [-0.2, 0) is 4.79 Å². The number of nitrogens with zero attached hydrogens (tertiary/aromatic N) is 2. The number of benzene rings is 2. The molecule has 0 atom stereocenters. The summed E-state index contributed by atoms with van der Waals surface area (Å²) in [5, 5.41) is 3.61. The third kappa shape index (κ3) is 5.13. The molecule has 0 saturated heterocycles. The molecule has 0 aliphatic carbocycles. The normalized spacial score (nSPS) is 10.6. The molecule has 0 unspecified atom stereocenters. The van der Waals surface area contributed by atoms with Gasteiger partial charge in [0.2, 0.25) is 11.8 Å². The van der Waals surface area contributed by atoms with E-state index in [1.807, 2.05) is 24.3 Å². The number of para-hydroxylation sites is 1. The van der Waals surface area contributed by atoms with Gasteiger partial charge in [-0.3, -0.25) is 9.59 Å². The average molecular weight is 377 g/mol. The molecule has 28 heavy (non-hydrogen) atoms. The molecule has 3 rings (SSSR count). The average Bonchev–Trinajstić information content (AvgIpc) is 2.72. The number of unbranched alkanes of at least 4 members (excludes halogenated alkanes) is 2. The topological polar surface area (TPSA) is 81.2 Å². The first kappa shape index (κ1) is 19.5. The van der Waals surface area contributed by atoms with E-state index in [-0.39, 0.29) is 18.3 Å². The molecule has 0 aliphatic heterocycles. The van der Waals surface area contributed by atoms with Crippen LogP contribution in [0.3, 0.4) is 0 Å². The maximum Gasteiger partial charge on any atom is 0.224 e. The molecule has 0 saturated carbocycles. The highest BCUT2D eigenvalue weighted by Crippen LogP contribution is 2.21. The van der Waals surface area contributed by atoms with Crippen LogP contribution in [0.1, 0.15) is 43.0 Å². The zero-order valence-electron chi connectivity index (χ0n) is 15.9. The number of aromatic nitrogens is 2. The van der Waals surface area contributed by atoms with Crippen molar-refractivity contribution in [1.82, 2.24) is 9.97 Å². The van der Waals surface area contributed by atoms with Gasteiger partial charge in [0.25, 0.3) is 0 Å². The number of amides is 1. The minimum atomic E-state index is -0.163. The number of hydrogen-bond acceptors (Lipinski definition) is 5. The van der Waals surface area contributed by atoms with Crippen LogP contribution in [0, 0.1) is 0 Å². The Kier molecular flexibility index (Phi) is 6.68. The molecule has 1 N–H and O–H groups in total. The van der Waals surface area contributed by atoms with Gasteiger partial charge in [-0.1, -0.05) is 31.9 Å². The van der Waals surface area contributed by atoms with Crippen LogP contribution in [0.4, 0.5) is 5.69 Å². The highest BCUT2D eigenvalue weighted by molar-refractivity contribution is 5.98. The number of ether oxygens (including phenoxy) is 1. The first-order chi connectivity index (χ1) is 13.7. The molecular weight excluding hydrogens is 354 g/mol. The number of anilines is 1. The Bertz CT molecular complexity index is 949. The molecule has 0 spiro atoms. The van der Waals surface area contributed by atoms with Gasteiger partial charge in [-0.2, -0.15) is 0 Å². The van der Waals surface area contributed by atoms with Crippen LogP contribution in [-0.4, -0.2) is 28.3 Å². The van der Waals surface area contributed by atoms with Crippen molar-refractivity contribution in [2.45, 2.75) is 32.6 Å². The zero-order valence-corrected chi connectivity index (χ0v) is 15.9. The summed E-state index contributed by atoms with van der Waals surface area (Å²) < 4.78 is 5.61. The van der Waals surface area contributed by atoms with Crippen LogP contribution < -0.4 is 10.1 Å². The molecule has 1 aromatic heterocycles. The van der Waals surface area contributed by atoms with E-state index in [1.54, 1.807) is 24.3 Å². The van der Waals surface area contributed by atoms with E-state index in [0.29, 0.717) is 23.6 Å². The number of ketones is 1. The molecule has 1 amide bonds. The number of carbonyl (C=O) groups excluding carboxylic acids is 2. The lowest BCUT2D eigenvalue weighted by molar-refractivity contribution is -0.116. The number of Topliss-reactive ketones (excluding diaryl/α,β-unsaturated/α-hetero) is 1. The van der Waals surface area contributed by atoms with Gasteiger partial charge in [0.05, 0.1) is 10.9 Å². The summed E-state index contributed by atoms with van der Waals surface area (Å²) in [5.41, 5.74) is 1.96. The Morgan fingerprint density at radius 1 is 1.00 bits per heavy atom. The number of rotatable bonds is 9. The second-order valence-electron chi connectivity index (χ2n) is 6.49. The van der Waals surface area contributed by atoms with Gasteiger partial charge < -0.3 is 10.1 Å². The molecule has 6 heteroatoms. The van der Waals surface area contributed by atoms with Gasteiger partial charge in [-0.15, -0.1) is 0 Å². The first-order valence-electron chi connectivity index (χ1n) is 9.43. The summed E-state index contributed by atoms with van der Waals surface area (Å²) in [7, 11) is 0. The van der Waals surface area contributed by atoms with Crippen molar-refractivity contribution >= 4 is 28.3 Å². The van der Waals surface area contributed by atoms with Gasteiger partial charge in [0.1, 0.15) is 6.33 Å². The van der Waals surface area contributed by atoms with E-state index in [2.05, 4.69) is 22.2 Å². The van der Waals surface area contributed by atoms with Crippen molar-refractivity contribution in [1.29, 1.82) is 0 Å². The molecule has 0 aliphatic rings. The Labute approximate surface area is 164 Å². The van der Waals surface area contributed by atoms with Gasteiger partial charge >= 0.3 is 0 Å². The van der Waals surface area contributed by atoms with E-state index >= 15 is 0 Å². The highest BCUT2D eigenvalue weighted by Gasteiger charge is 2.10. The minimum absolute atomic E-state index is 0.00787. The van der Waals surface area contributed by atoms with Crippen molar-refractivity contribution in [3.8, 4) is 5.88 Å². The van der Waals surface area contributed by atoms with Crippen LogP contribution in [0.15, 0.2) is 54.9 Å². The molecule has 6 nitrogen and oxygen atoms in total. The monoisotopic (exact) mass is 377 g/mol. The van der Waals surface area contributed by atoms with Gasteiger partial charge in [-0.25, -0.2) is 9.97 Å². The molecular formula is C22H23N3O3. The predicted octanol–water partition coefficient (Wildman–Crippen LogP) is 4.41. The lowest BCUT2D eigenvalue weighted by Gasteiger charge is -2.08. The fraction of sp³-hybridized carbons (Fsp3) is 0.273. The molecule has 0 bridgehead atoms. The molecule has 3 aromatic rings. The van der Waals surface area contributed by atoms with E-state index in [4.69, 9.17) is 4.74 Å².